The maximum atomic E-state index is 6.05. The Kier molecular flexibility index (Phi) is 2.08. The van der Waals surface area contributed by atoms with Crippen LogP contribution in [0.25, 0.3) is 11.0 Å². The van der Waals surface area contributed by atoms with Crippen LogP contribution in [0.3, 0.4) is 0 Å². The van der Waals surface area contributed by atoms with E-state index in [0.717, 1.165) is 16.8 Å². The Bertz CT molecular complexity index is 569. The molecular weight excluding hydrogens is 214 g/mol. The van der Waals surface area contributed by atoms with Gasteiger partial charge in [0, 0.05) is 11.6 Å². The van der Waals surface area contributed by atoms with Crippen molar-refractivity contribution in [2.45, 2.75) is 31.7 Å². The molecule has 1 aromatic heterocycles. The monoisotopic (exact) mass is 231 g/mol. The van der Waals surface area contributed by atoms with Gasteiger partial charge in [0.2, 0.25) is 5.95 Å². The predicted molar refractivity (Wildman–Crippen MR) is 68.2 cm³/mol. The summed E-state index contributed by atoms with van der Waals surface area (Å²) in [5, 5.41) is 0. The number of anilines is 1. The number of rotatable bonds is 2. The van der Waals surface area contributed by atoms with Crippen molar-refractivity contribution >= 4 is 17.0 Å². The van der Waals surface area contributed by atoms with Crippen LogP contribution in [0.4, 0.5) is 5.95 Å². The molecule has 1 aliphatic carbocycles. The standard InChI is InChI=1S/C13H17N3O/c1-13(6-3-7-13)16-11-5-4-9(17-2)8-10(11)15-12(16)14/h4-5,8H,3,6-7H2,1-2H3,(H2,14,15). The van der Waals surface area contributed by atoms with E-state index in [-0.39, 0.29) is 5.54 Å². The molecule has 17 heavy (non-hydrogen) atoms. The van der Waals surface area contributed by atoms with Gasteiger partial charge in [0.05, 0.1) is 18.1 Å². The Labute approximate surface area is 100 Å². The molecule has 3 rings (SSSR count). The number of nitrogen functional groups attached to an aromatic ring is 1. The van der Waals surface area contributed by atoms with Crippen LogP contribution in [0.1, 0.15) is 26.2 Å². The molecule has 2 aromatic rings. The van der Waals surface area contributed by atoms with Gasteiger partial charge in [0.1, 0.15) is 5.75 Å². The smallest absolute Gasteiger partial charge is 0.201 e. The van der Waals surface area contributed by atoms with Gasteiger partial charge in [-0.15, -0.1) is 0 Å². The number of ether oxygens (including phenoxy) is 1. The van der Waals surface area contributed by atoms with Gasteiger partial charge in [0.15, 0.2) is 0 Å². The number of hydrogen-bond donors (Lipinski definition) is 1. The number of fused-ring (bicyclic) bond motifs is 1. The van der Waals surface area contributed by atoms with Crippen LogP contribution in [0, 0.1) is 0 Å². The molecule has 0 bridgehead atoms. The second-order valence-corrected chi connectivity index (χ2v) is 5.01. The van der Waals surface area contributed by atoms with Crippen LogP contribution in [0.15, 0.2) is 18.2 Å². The van der Waals surface area contributed by atoms with E-state index < -0.39 is 0 Å². The lowest BCUT2D eigenvalue weighted by Gasteiger charge is -2.40. The molecule has 4 nitrogen and oxygen atoms in total. The minimum absolute atomic E-state index is 0.146. The molecule has 0 spiro atoms. The first-order chi connectivity index (χ1) is 8.14. The van der Waals surface area contributed by atoms with Gasteiger partial charge in [-0.2, -0.15) is 0 Å². The molecule has 1 aliphatic rings. The number of nitrogens with two attached hydrogens (primary N) is 1. The molecule has 1 aromatic carbocycles. The maximum absolute atomic E-state index is 6.05. The molecule has 1 fully saturated rings. The fourth-order valence-electron chi connectivity index (χ4n) is 2.69. The van der Waals surface area contributed by atoms with Crippen LogP contribution >= 0.6 is 0 Å². The van der Waals surface area contributed by atoms with Crippen molar-refractivity contribution in [3.05, 3.63) is 18.2 Å². The third-order valence-corrected chi connectivity index (χ3v) is 3.86. The first-order valence-electron chi connectivity index (χ1n) is 5.96. The Morgan fingerprint density at radius 1 is 1.41 bits per heavy atom. The van der Waals surface area contributed by atoms with E-state index in [4.69, 9.17) is 10.5 Å². The number of imidazole rings is 1. The lowest BCUT2D eigenvalue weighted by molar-refractivity contribution is 0.177. The lowest BCUT2D eigenvalue weighted by atomic mass is 9.78. The summed E-state index contributed by atoms with van der Waals surface area (Å²) >= 11 is 0. The molecule has 0 atom stereocenters. The van der Waals surface area contributed by atoms with Crippen LogP contribution in [0.2, 0.25) is 0 Å². The molecule has 0 unspecified atom stereocenters. The summed E-state index contributed by atoms with van der Waals surface area (Å²) in [7, 11) is 1.66. The second-order valence-electron chi connectivity index (χ2n) is 5.01. The number of nitrogens with zero attached hydrogens (tertiary/aromatic N) is 2. The van der Waals surface area contributed by atoms with E-state index in [1.165, 1.54) is 19.3 Å². The topological polar surface area (TPSA) is 53.1 Å². The molecule has 1 heterocycles. The van der Waals surface area contributed by atoms with Crippen molar-refractivity contribution in [2.75, 3.05) is 12.8 Å². The maximum Gasteiger partial charge on any atom is 0.201 e. The van der Waals surface area contributed by atoms with Crippen LogP contribution < -0.4 is 10.5 Å². The Morgan fingerprint density at radius 2 is 2.18 bits per heavy atom. The van der Waals surface area contributed by atoms with Crippen molar-refractivity contribution in [2.24, 2.45) is 0 Å². The highest BCUT2D eigenvalue weighted by molar-refractivity contribution is 5.80. The van der Waals surface area contributed by atoms with Crippen molar-refractivity contribution < 1.29 is 4.74 Å². The van der Waals surface area contributed by atoms with Crippen molar-refractivity contribution in [3.8, 4) is 5.75 Å². The summed E-state index contributed by atoms with van der Waals surface area (Å²) < 4.78 is 7.38. The van der Waals surface area contributed by atoms with Gasteiger partial charge >= 0.3 is 0 Å². The van der Waals surface area contributed by atoms with Crippen LogP contribution in [-0.2, 0) is 5.54 Å². The van der Waals surface area contributed by atoms with Crippen LogP contribution in [0.5, 0.6) is 5.75 Å². The zero-order chi connectivity index (χ0) is 12.0. The lowest BCUT2D eigenvalue weighted by Crippen LogP contribution is -2.37. The molecular formula is C13H17N3O. The summed E-state index contributed by atoms with van der Waals surface area (Å²) in [5.74, 6) is 1.43. The number of methoxy groups -OCH3 is 1. The minimum atomic E-state index is 0.146. The highest BCUT2D eigenvalue weighted by atomic mass is 16.5. The summed E-state index contributed by atoms with van der Waals surface area (Å²) in [5.41, 5.74) is 8.21. The number of benzene rings is 1. The molecule has 0 saturated heterocycles. The second kappa shape index (κ2) is 3.39. The van der Waals surface area contributed by atoms with E-state index in [9.17, 15) is 0 Å². The SMILES string of the molecule is COc1ccc2c(c1)nc(N)n2C1(C)CCC1. The van der Waals surface area contributed by atoms with E-state index in [1.54, 1.807) is 7.11 Å². The fraction of sp³-hybridized carbons (Fsp3) is 0.462. The quantitative estimate of drug-likeness (QED) is 0.864. The average Bonchev–Trinajstić information content (AvgIpc) is 2.61. The molecule has 90 valence electrons. The third kappa shape index (κ3) is 1.40. The average molecular weight is 231 g/mol. The predicted octanol–water partition coefficient (Wildman–Crippen LogP) is 2.53. The molecule has 1 saturated carbocycles. The van der Waals surface area contributed by atoms with Crippen LogP contribution in [-0.4, -0.2) is 16.7 Å². The highest BCUT2D eigenvalue weighted by Gasteiger charge is 2.36. The largest absolute Gasteiger partial charge is 0.497 e. The van der Waals surface area contributed by atoms with Gasteiger partial charge in [-0.1, -0.05) is 0 Å². The molecule has 0 amide bonds. The fourth-order valence-corrected chi connectivity index (χ4v) is 2.69. The van der Waals surface area contributed by atoms with Crippen molar-refractivity contribution in [1.29, 1.82) is 0 Å². The Balaban J connectivity index is 2.21. The van der Waals surface area contributed by atoms with Gasteiger partial charge < -0.3 is 15.0 Å². The highest BCUT2D eigenvalue weighted by Crippen LogP contribution is 2.42. The number of hydrogen-bond acceptors (Lipinski definition) is 3. The minimum Gasteiger partial charge on any atom is -0.497 e. The van der Waals surface area contributed by atoms with E-state index >= 15 is 0 Å². The van der Waals surface area contributed by atoms with E-state index in [2.05, 4.69) is 16.5 Å². The van der Waals surface area contributed by atoms with Gasteiger partial charge in [0.25, 0.3) is 0 Å². The van der Waals surface area contributed by atoms with Crippen molar-refractivity contribution in [1.82, 2.24) is 9.55 Å². The third-order valence-electron chi connectivity index (χ3n) is 3.86. The molecule has 2 N–H and O–H groups in total. The van der Waals surface area contributed by atoms with Gasteiger partial charge in [-0.3, -0.25) is 0 Å². The molecule has 0 radical (unpaired) electrons. The summed E-state index contributed by atoms with van der Waals surface area (Å²) in [4.78, 5) is 4.43. The van der Waals surface area contributed by atoms with E-state index in [1.807, 2.05) is 18.2 Å². The van der Waals surface area contributed by atoms with Gasteiger partial charge in [-0.05, 0) is 38.3 Å². The summed E-state index contributed by atoms with van der Waals surface area (Å²) in [6.45, 7) is 2.25. The summed E-state index contributed by atoms with van der Waals surface area (Å²) in [6.07, 6.45) is 3.62. The summed E-state index contributed by atoms with van der Waals surface area (Å²) in [6, 6.07) is 5.94. The van der Waals surface area contributed by atoms with Crippen molar-refractivity contribution in [3.63, 3.8) is 0 Å². The first kappa shape index (κ1) is 10.4. The zero-order valence-electron chi connectivity index (χ0n) is 10.2. The normalized spacial score (nSPS) is 18.0. The molecule has 4 heteroatoms. The van der Waals surface area contributed by atoms with E-state index in [0.29, 0.717) is 5.95 Å². The first-order valence-corrected chi connectivity index (χ1v) is 5.96. The Morgan fingerprint density at radius 3 is 2.76 bits per heavy atom. The number of aromatic nitrogens is 2. The van der Waals surface area contributed by atoms with Gasteiger partial charge in [-0.25, -0.2) is 4.98 Å². The Hall–Kier alpha value is -1.71. The zero-order valence-corrected chi connectivity index (χ0v) is 10.2. The molecule has 0 aliphatic heterocycles.